The normalized spacial score (nSPS) is 16.1. The second-order valence-electron chi connectivity index (χ2n) is 4.24. The van der Waals surface area contributed by atoms with Gasteiger partial charge in [-0.2, -0.15) is 11.8 Å². The van der Waals surface area contributed by atoms with Gasteiger partial charge in [-0.1, -0.05) is 0 Å². The van der Waals surface area contributed by atoms with E-state index in [1.165, 1.54) is 12.1 Å². The van der Waals surface area contributed by atoms with Crippen LogP contribution in [0.25, 0.3) is 0 Å². The van der Waals surface area contributed by atoms with Crippen molar-refractivity contribution in [2.75, 3.05) is 23.5 Å². The lowest BCUT2D eigenvalue weighted by Crippen LogP contribution is -2.19. The zero-order valence-electron chi connectivity index (χ0n) is 9.97. The Bertz CT molecular complexity index is 464. The van der Waals surface area contributed by atoms with E-state index in [0.29, 0.717) is 5.82 Å². The molecule has 98 valence electrons. The van der Waals surface area contributed by atoms with Crippen LogP contribution in [0.5, 0.6) is 0 Å². The number of aromatic nitrogens is 1. The molecule has 7 nitrogen and oxygen atoms in total. The lowest BCUT2D eigenvalue weighted by atomic mass is 10.3. The average molecular weight is 269 g/mol. The topological polar surface area (TPSA) is 106 Å². The van der Waals surface area contributed by atoms with E-state index >= 15 is 0 Å². The standard InChI is InChI=1S/C10H15N5O2S/c1-18-10(2-3-10)6-12-8-4-7(15(16)17)5-9(13-8)14-11/h4-5H,2-3,6,11H2,1H3,(H2,12,13,14). The number of nitrogens with zero attached hydrogens (tertiary/aromatic N) is 2. The van der Waals surface area contributed by atoms with Crippen LogP contribution < -0.4 is 16.6 Å². The maximum atomic E-state index is 10.8. The third-order valence-electron chi connectivity index (χ3n) is 3.00. The molecule has 1 aromatic heterocycles. The molecule has 1 saturated carbocycles. The van der Waals surface area contributed by atoms with Gasteiger partial charge in [0, 0.05) is 11.3 Å². The fourth-order valence-electron chi connectivity index (χ4n) is 1.63. The summed E-state index contributed by atoms with van der Waals surface area (Å²) < 4.78 is 0.266. The molecular formula is C10H15N5O2S. The number of hydrogen-bond acceptors (Lipinski definition) is 7. The quantitative estimate of drug-likeness (QED) is 0.409. The summed E-state index contributed by atoms with van der Waals surface area (Å²) in [6.45, 7) is 0.756. The molecule has 1 heterocycles. The van der Waals surface area contributed by atoms with Gasteiger partial charge in [0.25, 0.3) is 5.69 Å². The van der Waals surface area contributed by atoms with Crippen LogP contribution in [0, 0.1) is 10.1 Å². The molecule has 0 bridgehead atoms. The first-order chi connectivity index (χ1) is 8.58. The number of nitrogen functional groups attached to an aromatic ring is 1. The predicted octanol–water partition coefficient (Wildman–Crippen LogP) is 1.58. The molecule has 1 aromatic rings. The average Bonchev–Trinajstić information content (AvgIpc) is 3.16. The summed E-state index contributed by atoms with van der Waals surface area (Å²) in [5.74, 6) is 5.99. The summed E-state index contributed by atoms with van der Waals surface area (Å²) in [5.41, 5.74) is 2.30. The van der Waals surface area contributed by atoms with E-state index in [1.807, 2.05) is 11.8 Å². The zero-order chi connectivity index (χ0) is 13.2. The minimum atomic E-state index is -0.463. The van der Waals surface area contributed by atoms with Crippen LogP contribution in [0.15, 0.2) is 12.1 Å². The van der Waals surface area contributed by atoms with Gasteiger partial charge in [-0.25, -0.2) is 10.8 Å². The smallest absolute Gasteiger partial charge is 0.276 e. The van der Waals surface area contributed by atoms with Crippen molar-refractivity contribution in [3.63, 3.8) is 0 Å². The molecule has 0 unspecified atom stereocenters. The molecule has 1 fully saturated rings. The molecule has 0 atom stereocenters. The highest BCUT2D eigenvalue weighted by Gasteiger charge is 2.41. The van der Waals surface area contributed by atoms with Gasteiger partial charge in [0.2, 0.25) is 0 Å². The Hall–Kier alpha value is -1.54. The number of thioether (sulfide) groups is 1. The Morgan fingerprint density at radius 1 is 1.56 bits per heavy atom. The van der Waals surface area contributed by atoms with E-state index in [0.717, 1.165) is 19.4 Å². The van der Waals surface area contributed by atoms with E-state index in [4.69, 9.17) is 5.84 Å². The predicted molar refractivity (Wildman–Crippen MR) is 72.7 cm³/mol. The number of anilines is 2. The number of pyridine rings is 1. The summed E-state index contributed by atoms with van der Waals surface area (Å²) in [6, 6.07) is 2.71. The van der Waals surface area contributed by atoms with Crippen molar-refractivity contribution in [2.24, 2.45) is 5.84 Å². The molecule has 18 heavy (non-hydrogen) atoms. The summed E-state index contributed by atoms with van der Waals surface area (Å²) in [6.07, 6.45) is 4.40. The highest BCUT2D eigenvalue weighted by Crippen LogP contribution is 2.47. The summed E-state index contributed by atoms with van der Waals surface area (Å²) in [7, 11) is 0. The van der Waals surface area contributed by atoms with Gasteiger partial charge in [-0.15, -0.1) is 0 Å². The van der Waals surface area contributed by atoms with Gasteiger partial charge in [0.15, 0.2) is 0 Å². The molecule has 2 rings (SSSR count). The minimum absolute atomic E-state index is 0.0329. The fraction of sp³-hybridized carbons (Fsp3) is 0.500. The highest BCUT2D eigenvalue weighted by molar-refractivity contribution is 8.00. The van der Waals surface area contributed by atoms with Crippen LogP contribution in [0.1, 0.15) is 12.8 Å². The van der Waals surface area contributed by atoms with Crippen molar-refractivity contribution < 1.29 is 4.92 Å². The van der Waals surface area contributed by atoms with E-state index in [-0.39, 0.29) is 16.3 Å². The molecule has 1 aliphatic rings. The maximum absolute atomic E-state index is 10.8. The van der Waals surface area contributed by atoms with Gasteiger partial charge >= 0.3 is 0 Å². The van der Waals surface area contributed by atoms with Crippen molar-refractivity contribution in [1.29, 1.82) is 0 Å². The Labute approximate surface area is 109 Å². The number of nitrogens with two attached hydrogens (primary N) is 1. The molecule has 8 heteroatoms. The SMILES string of the molecule is CSC1(CNc2cc([N+](=O)[O-])cc(NN)n2)CC1. The van der Waals surface area contributed by atoms with Crippen molar-refractivity contribution in [3.05, 3.63) is 22.2 Å². The van der Waals surface area contributed by atoms with Crippen molar-refractivity contribution in [1.82, 2.24) is 4.98 Å². The number of rotatable bonds is 6. The number of nitrogens with one attached hydrogen (secondary N) is 2. The first-order valence-corrected chi connectivity index (χ1v) is 6.73. The number of hydrazine groups is 1. The lowest BCUT2D eigenvalue weighted by Gasteiger charge is -2.13. The van der Waals surface area contributed by atoms with Gasteiger partial charge in [0.05, 0.1) is 17.1 Å². The van der Waals surface area contributed by atoms with Gasteiger partial charge in [-0.3, -0.25) is 10.1 Å². The first kappa shape index (κ1) is 12.9. The van der Waals surface area contributed by atoms with E-state index < -0.39 is 4.92 Å². The minimum Gasteiger partial charge on any atom is -0.368 e. The van der Waals surface area contributed by atoms with Gasteiger partial charge < -0.3 is 10.7 Å². The number of nitro groups is 1. The van der Waals surface area contributed by atoms with Crippen LogP contribution in [0.2, 0.25) is 0 Å². The van der Waals surface area contributed by atoms with E-state index in [1.54, 1.807) is 0 Å². The van der Waals surface area contributed by atoms with E-state index in [2.05, 4.69) is 22.0 Å². The summed E-state index contributed by atoms with van der Waals surface area (Å²) in [5, 5.41) is 13.9. The summed E-state index contributed by atoms with van der Waals surface area (Å²) in [4.78, 5) is 14.4. The Balaban J connectivity index is 2.11. The molecule has 0 aromatic carbocycles. The maximum Gasteiger partial charge on any atom is 0.276 e. The molecule has 1 aliphatic carbocycles. The van der Waals surface area contributed by atoms with Crippen molar-refractivity contribution >= 4 is 29.1 Å². The van der Waals surface area contributed by atoms with Crippen LogP contribution in [0.3, 0.4) is 0 Å². The molecular weight excluding hydrogens is 254 g/mol. The van der Waals surface area contributed by atoms with Gasteiger partial charge in [-0.05, 0) is 19.1 Å². The highest BCUT2D eigenvalue weighted by atomic mass is 32.2. The van der Waals surface area contributed by atoms with Crippen molar-refractivity contribution in [2.45, 2.75) is 17.6 Å². The molecule has 0 amide bonds. The first-order valence-electron chi connectivity index (χ1n) is 5.51. The summed E-state index contributed by atoms with van der Waals surface area (Å²) >= 11 is 1.81. The molecule has 0 spiro atoms. The fourth-order valence-corrected chi connectivity index (χ4v) is 2.36. The third-order valence-corrected chi connectivity index (χ3v) is 4.42. The molecule has 4 N–H and O–H groups in total. The molecule has 0 aliphatic heterocycles. The Morgan fingerprint density at radius 3 is 2.72 bits per heavy atom. The number of hydrogen-bond donors (Lipinski definition) is 3. The zero-order valence-corrected chi connectivity index (χ0v) is 10.8. The lowest BCUT2D eigenvalue weighted by molar-refractivity contribution is -0.384. The largest absolute Gasteiger partial charge is 0.368 e. The molecule has 0 saturated heterocycles. The van der Waals surface area contributed by atoms with Crippen LogP contribution in [-0.2, 0) is 0 Å². The Kier molecular flexibility index (Phi) is 3.58. The Morgan fingerprint density at radius 2 is 2.22 bits per heavy atom. The van der Waals surface area contributed by atoms with Crippen LogP contribution in [0.4, 0.5) is 17.3 Å². The van der Waals surface area contributed by atoms with Crippen LogP contribution >= 0.6 is 11.8 Å². The third kappa shape index (κ3) is 2.82. The monoisotopic (exact) mass is 269 g/mol. The van der Waals surface area contributed by atoms with E-state index in [9.17, 15) is 10.1 Å². The van der Waals surface area contributed by atoms with Crippen LogP contribution in [-0.4, -0.2) is 27.5 Å². The second kappa shape index (κ2) is 4.99. The van der Waals surface area contributed by atoms with Gasteiger partial charge in [0.1, 0.15) is 11.6 Å². The molecule has 0 radical (unpaired) electrons. The van der Waals surface area contributed by atoms with Crippen molar-refractivity contribution in [3.8, 4) is 0 Å². The second-order valence-corrected chi connectivity index (χ2v) is 5.51.